The molecule has 5 rings (SSSR count). The van der Waals surface area contributed by atoms with Crippen molar-refractivity contribution >= 4 is 11.8 Å². The molecule has 0 spiro atoms. The van der Waals surface area contributed by atoms with Gasteiger partial charge in [-0.15, -0.1) is 0 Å². The van der Waals surface area contributed by atoms with Crippen LogP contribution in [0.5, 0.6) is 0 Å². The fraction of sp³-hybridized carbons (Fsp3) is 0.485. The van der Waals surface area contributed by atoms with Crippen molar-refractivity contribution in [1.29, 1.82) is 0 Å². The zero-order valence-corrected chi connectivity index (χ0v) is 24.7. The van der Waals surface area contributed by atoms with Crippen molar-refractivity contribution in [1.82, 2.24) is 25.7 Å². The summed E-state index contributed by atoms with van der Waals surface area (Å²) in [5, 5.41) is 14.2. The lowest BCUT2D eigenvalue weighted by atomic mass is 9.68. The van der Waals surface area contributed by atoms with Gasteiger partial charge >= 0.3 is 0 Å². The largest absolute Gasteiger partial charge is 0.347 e. The number of hydrogen-bond acceptors (Lipinski definition) is 4. The Balaban J connectivity index is 1.38. The molecular formula is C33H43N5O2. The van der Waals surface area contributed by atoms with Crippen LogP contribution in [0.4, 0.5) is 0 Å². The molecule has 0 radical (unpaired) electrons. The summed E-state index contributed by atoms with van der Waals surface area (Å²) < 4.78 is 1.96. The topological polar surface area (TPSA) is 88.1 Å². The summed E-state index contributed by atoms with van der Waals surface area (Å²) in [6.07, 6.45) is 3.62. The predicted octanol–water partition coefficient (Wildman–Crippen LogP) is 5.34. The lowest BCUT2D eigenvalue weighted by molar-refractivity contribution is -0.119. The van der Waals surface area contributed by atoms with Gasteiger partial charge in [-0.05, 0) is 84.2 Å². The fourth-order valence-corrected chi connectivity index (χ4v) is 6.98. The van der Waals surface area contributed by atoms with Crippen LogP contribution in [0.2, 0.25) is 0 Å². The van der Waals surface area contributed by atoms with E-state index in [1.807, 2.05) is 10.7 Å². The molecule has 1 aromatic heterocycles. The van der Waals surface area contributed by atoms with Gasteiger partial charge in [-0.1, -0.05) is 57.2 Å². The molecule has 0 saturated heterocycles. The lowest BCUT2D eigenvalue weighted by Gasteiger charge is -2.42. The smallest absolute Gasteiger partial charge is 0.272 e. The summed E-state index contributed by atoms with van der Waals surface area (Å²) in [5.74, 6) is 0.523. The maximum atomic E-state index is 13.7. The minimum Gasteiger partial charge on any atom is -0.347 e. The minimum atomic E-state index is -0.0868. The molecule has 0 aliphatic heterocycles. The predicted molar refractivity (Wildman–Crippen MR) is 159 cm³/mol. The minimum absolute atomic E-state index is 0.0527. The second-order valence-electron chi connectivity index (χ2n) is 12.8. The maximum absolute atomic E-state index is 13.7. The SMILES string of the molecule is CC(=O)NCNCc1ccc(Cn2nc(C(=O)NC3C4(C)CCC(C4)C3(C)C)cc2-c2ccc(C)c(C)c2)cc1. The van der Waals surface area contributed by atoms with E-state index in [9.17, 15) is 9.59 Å². The molecule has 212 valence electrons. The number of aromatic nitrogens is 2. The van der Waals surface area contributed by atoms with Gasteiger partial charge in [0.2, 0.25) is 5.91 Å². The van der Waals surface area contributed by atoms with Gasteiger partial charge in [-0.3, -0.25) is 19.6 Å². The van der Waals surface area contributed by atoms with E-state index in [0.717, 1.165) is 22.4 Å². The van der Waals surface area contributed by atoms with Crippen molar-refractivity contribution in [3.63, 3.8) is 0 Å². The standard InChI is InChI=1S/C33H43N5O2/c1-21-7-12-26(15-22(21)2)29-16-28(30(40)36-31-32(4,5)27-13-14-33(31,6)17-27)37-38(29)19-25-10-8-24(9-11-25)18-34-20-35-23(3)39/h7-12,15-16,27,31,34H,13-14,17-20H2,1-6H3,(H,35,39)(H,36,40). The number of nitrogens with one attached hydrogen (secondary N) is 3. The normalized spacial score (nSPS) is 22.9. The molecule has 3 N–H and O–H groups in total. The van der Waals surface area contributed by atoms with Crippen molar-refractivity contribution in [2.75, 3.05) is 6.67 Å². The molecular weight excluding hydrogens is 498 g/mol. The zero-order chi connectivity index (χ0) is 28.7. The molecule has 2 saturated carbocycles. The average molecular weight is 542 g/mol. The van der Waals surface area contributed by atoms with Crippen molar-refractivity contribution < 1.29 is 9.59 Å². The zero-order valence-electron chi connectivity index (χ0n) is 24.7. The quantitative estimate of drug-likeness (QED) is 0.252. The molecule has 2 bridgehead atoms. The first kappa shape index (κ1) is 28.1. The number of carbonyl (C=O) groups excluding carboxylic acids is 2. The Morgan fingerprint density at radius 3 is 2.38 bits per heavy atom. The molecule has 7 nitrogen and oxygen atoms in total. The van der Waals surface area contributed by atoms with Crippen LogP contribution in [0.3, 0.4) is 0 Å². The number of aryl methyl sites for hydroxylation is 2. The van der Waals surface area contributed by atoms with E-state index in [2.05, 4.69) is 93.0 Å². The Morgan fingerprint density at radius 1 is 1.00 bits per heavy atom. The van der Waals surface area contributed by atoms with Crippen LogP contribution in [0.15, 0.2) is 48.5 Å². The molecule has 3 unspecified atom stereocenters. The molecule has 2 amide bonds. The molecule has 40 heavy (non-hydrogen) atoms. The van der Waals surface area contributed by atoms with Crippen LogP contribution in [0.1, 0.15) is 79.7 Å². The number of nitrogens with zero attached hydrogens (tertiary/aromatic N) is 2. The summed E-state index contributed by atoms with van der Waals surface area (Å²) in [4.78, 5) is 24.7. The Bertz CT molecular complexity index is 1400. The monoisotopic (exact) mass is 541 g/mol. The van der Waals surface area contributed by atoms with Crippen LogP contribution in [-0.2, 0) is 17.9 Å². The summed E-state index contributed by atoms with van der Waals surface area (Å²) in [6.45, 7) is 14.4. The average Bonchev–Trinajstić information content (AvgIpc) is 3.56. The number of rotatable bonds is 9. The lowest BCUT2D eigenvalue weighted by Crippen LogP contribution is -2.52. The van der Waals surface area contributed by atoms with Gasteiger partial charge in [0.15, 0.2) is 5.69 Å². The summed E-state index contributed by atoms with van der Waals surface area (Å²) in [5.41, 5.74) is 7.38. The van der Waals surface area contributed by atoms with E-state index >= 15 is 0 Å². The third-order valence-electron chi connectivity index (χ3n) is 9.51. The van der Waals surface area contributed by atoms with Crippen LogP contribution < -0.4 is 16.0 Å². The number of hydrogen-bond donors (Lipinski definition) is 3. The highest BCUT2D eigenvalue weighted by atomic mass is 16.2. The van der Waals surface area contributed by atoms with E-state index in [1.165, 1.54) is 37.3 Å². The molecule has 3 atom stereocenters. The third kappa shape index (κ3) is 5.57. The van der Waals surface area contributed by atoms with Crippen molar-refractivity contribution in [3.8, 4) is 11.3 Å². The van der Waals surface area contributed by atoms with Crippen molar-refractivity contribution in [2.45, 2.75) is 79.9 Å². The summed E-state index contributed by atoms with van der Waals surface area (Å²) >= 11 is 0. The van der Waals surface area contributed by atoms with E-state index in [4.69, 9.17) is 5.10 Å². The first-order valence-corrected chi connectivity index (χ1v) is 14.5. The Morgan fingerprint density at radius 2 is 1.73 bits per heavy atom. The summed E-state index contributed by atoms with van der Waals surface area (Å²) in [7, 11) is 0. The fourth-order valence-electron chi connectivity index (χ4n) is 6.98. The van der Waals surface area contributed by atoms with Gasteiger partial charge in [0, 0.05) is 25.1 Å². The third-order valence-corrected chi connectivity index (χ3v) is 9.51. The second-order valence-corrected chi connectivity index (χ2v) is 12.8. The molecule has 3 aromatic rings. The Kier molecular flexibility index (Phi) is 7.62. The molecule has 2 aliphatic rings. The first-order valence-electron chi connectivity index (χ1n) is 14.5. The molecule has 2 fully saturated rings. The number of benzene rings is 2. The van der Waals surface area contributed by atoms with E-state index in [-0.39, 0.29) is 28.7 Å². The number of carbonyl (C=O) groups is 2. The maximum Gasteiger partial charge on any atom is 0.272 e. The molecule has 2 aromatic carbocycles. The van der Waals surface area contributed by atoms with Gasteiger partial charge in [0.25, 0.3) is 5.91 Å². The van der Waals surface area contributed by atoms with E-state index in [0.29, 0.717) is 31.4 Å². The van der Waals surface area contributed by atoms with Gasteiger partial charge in [0.1, 0.15) is 0 Å². The van der Waals surface area contributed by atoms with Gasteiger partial charge in [0.05, 0.1) is 18.9 Å². The molecule has 7 heteroatoms. The summed E-state index contributed by atoms with van der Waals surface area (Å²) in [6, 6.07) is 16.9. The van der Waals surface area contributed by atoms with Gasteiger partial charge in [-0.25, -0.2) is 0 Å². The second kappa shape index (κ2) is 10.8. The van der Waals surface area contributed by atoms with Crippen LogP contribution in [0, 0.1) is 30.6 Å². The van der Waals surface area contributed by atoms with Crippen LogP contribution in [0.25, 0.3) is 11.3 Å². The Labute approximate surface area is 238 Å². The highest BCUT2D eigenvalue weighted by Gasteiger charge is 2.59. The molecule has 1 heterocycles. The van der Waals surface area contributed by atoms with Gasteiger partial charge in [-0.2, -0.15) is 5.10 Å². The highest BCUT2D eigenvalue weighted by Crippen LogP contribution is 2.62. The van der Waals surface area contributed by atoms with Crippen LogP contribution in [-0.4, -0.2) is 34.3 Å². The Hall–Kier alpha value is -3.45. The van der Waals surface area contributed by atoms with E-state index < -0.39 is 0 Å². The number of fused-ring (bicyclic) bond motifs is 2. The van der Waals surface area contributed by atoms with Crippen molar-refractivity contribution in [3.05, 3.63) is 76.5 Å². The van der Waals surface area contributed by atoms with Crippen LogP contribution >= 0.6 is 0 Å². The highest BCUT2D eigenvalue weighted by molar-refractivity contribution is 5.94. The number of amides is 2. The molecule has 2 aliphatic carbocycles. The van der Waals surface area contributed by atoms with E-state index in [1.54, 1.807) is 0 Å². The first-order chi connectivity index (χ1) is 19.0. The van der Waals surface area contributed by atoms with Gasteiger partial charge < -0.3 is 10.6 Å². The van der Waals surface area contributed by atoms with Crippen molar-refractivity contribution in [2.24, 2.45) is 16.7 Å².